The maximum atomic E-state index is 11.5. The predicted octanol–water partition coefficient (Wildman–Crippen LogP) is 12.7. The van der Waals surface area contributed by atoms with Crippen molar-refractivity contribution in [2.75, 3.05) is 137 Å². The van der Waals surface area contributed by atoms with Crippen molar-refractivity contribution in [2.45, 2.75) is 291 Å². The van der Waals surface area contributed by atoms with Crippen molar-refractivity contribution in [1.82, 2.24) is 36.0 Å². The second kappa shape index (κ2) is 62.1. The van der Waals surface area contributed by atoms with Gasteiger partial charge in [0.05, 0.1) is 64.1 Å². The van der Waals surface area contributed by atoms with E-state index in [0.29, 0.717) is 48.4 Å². The lowest BCUT2D eigenvalue weighted by Gasteiger charge is -2.34. The molecule has 0 bridgehead atoms. The van der Waals surface area contributed by atoms with Crippen LogP contribution in [0.25, 0.3) is 0 Å². The van der Waals surface area contributed by atoms with Gasteiger partial charge in [0.15, 0.2) is 0 Å². The van der Waals surface area contributed by atoms with Crippen molar-refractivity contribution in [3.8, 4) is 0 Å². The van der Waals surface area contributed by atoms with E-state index in [0.717, 1.165) is 122 Å². The van der Waals surface area contributed by atoms with Crippen LogP contribution in [0.5, 0.6) is 0 Å². The van der Waals surface area contributed by atoms with Gasteiger partial charge in [0.1, 0.15) is 0 Å². The molecule has 7 rings (SSSR count). The molecule has 0 aromatic heterocycles. The quantitative estimate of drug-likeness (QED) is 0.123. The lowest BCUT2D eigenvalue weighted by atomic mass is 9.95. The summed E-state index contributed by atoms with van der Waals surface area (Å²) in [7, 11) is 0.482. The number of ether oxygens (including phenoxy) is 6. The SMILES string of the molecule is C.C.C1COCCN1.C=S1(=O)CCC(COC(C)C)CC1.CC.CC.CC(C)N1CCCOCC1.CC(C)N1CCN(C)CC1.CC(C)NC1CCCCC1.CC(C)NCC1COCCO1.CC(C)OC1CCCCC1.CCNC(C)C. The highest BCUT2D eigenvalue weighted by Gasteiger charge is 2.21. The van der Waals surface area contributed by atoms with Crippen LogP contribution in [0.2, 0.25) is 0 Å². The zero-order chi connectivity index (χ0) is 61.0. The van der Waals surface area contributed by atoms with Crippen molar-refractivity contribution < 1.29 is 32.6 Å². The van der Waals surface area contributed by atoms with E-state index in [1.165, 1.54) is 103 Å². The number of piperazine rings is 1. The summed E-state index contributed by atoms with van der Waals surface area (Å²) < 4.78 is 43.8. The van der Waals surface area contributed by atoms with Crippen LogP contribution < -0.4 is 21.3 Å². The van der Waals surface area contributed by atoms with E-state index in [4.69, 9.17) is 28.4 Å². The van der Waals surface area contributed by atoms with Crippen molar-refractivity contribution in [2.24, 2.45) is 5.92 Å². The van der Waals surface area contributed by atoms with E-state index < -0.39 is 9.52 Å². The Kier molecular flexibility index (Phi) is 68.4. The summed E-state index contributed by atoms with van der Waals surface area (Å²) in [5.74, 6) is 5.94. The molecule has 1 atom stereocenters. The topological polar surface area (TPSA) is 130 Å². The number of likely N-dealkylation sites (N-methyl/N-ethyl adjacent to an activating group) is 1. The Balaban J connectivity index is -0.000000274. The molecule has 5 saturated heterocycles. The van der Waals surface area contributed by atoms with E-state index in [9.17, 15) is 4.21 Å². The normalized spacial score (nSPS) is 22.8. The molecule has 15 heteroatoms. The van der Waals surface area contributed by atoms with E-state index in [1.54, 1.807) is 0 Å². The number of morpholine rings is 1. The van der Waals surface area contributed by atoms with Gasteiger partial charge in [-0.3, -0.25) is 14.0 Å². The highest BCUT2D eigenvalue weighted by atomic mass is 32.2. The van der Waals surface area contributed by atoms with Gasteiger partial charge in [-0.1, -0.05) is 130 Å². The van der Waals surface area contributed by atoms with Crippen molar-refractivity contribution in [3.63, 3.8) is 0 Å². The zero-order valence-corrected chi connectivity index (χ0v) is 57.8. The van der Waals surface area contributed by atoms with Crippen molar-refractivity contribution >= 4 is 15.4 Å². The van der Waals surface area contributed by atoms with Gasteiger partial charge < -0.3 is 54.6 Å². The van der Waals surface area contributed by atoms with Gasteiger partial charge in [0.2, 0.25) is 0 Å². The summed E-state index contributed by atoms with van der Waals surface area (Å²) >= 11 is 0. The summed E-state index contributed by atoms with van der Waals surface area (Å²) in [6.45, 7) is 58.5. The van der Waals surface area contributed by atoms with Crippen molar-refractivity contribution in [3.05, 3.63) is 0 Å². The predicted molar refractivity (Wildman–Crippen MR) is 366 cm³/mol. The van der Waals surface area contributed by atoms with Gasteiger partial charge in [-0.25, -0.2) is 0 Å². The minimum absolute atomic E-state index is 0. The minimum Gasteiger partial charge on any atom is -0.380 e. The molecule has 4 N–H and O–H groups in total. The van der Waals surface area contributed by atoms with E-state index in [1.807, 2.05) is 41.5 Å². The molecule has 7 fully saturated rings. The number of hydrogen-bond donors (Lipinski definition) is 4. The lowest BCUT2D eigenvalue weighted by molar-refractivity contribution is -0.0868. The standard InChI is InChI=1S/C10H20O2S.C9H19N.C9H18O.C8H18N2.C8H17NO2.C8H17NO.C5H13N.C4H9NO.2C2H6.2CH4/c1-9(2)12-8-10-4-6-13(3,11)7-5-10;2*1-8(2)10-9-6-4-3-5-7-9;1-8(2)10-6-4-9(3)5-7-10;1-7(2)9-5-8-6-10-3-4-11-8;1-8(2)9-4-3-6-10-7-5-9;1-4-6-5(2)3;1-3-6-4-2-5-1;2*1-2;;/h9-10H,3-8H2,1-2H3;8-10H,3-7H2,1-2H3;8-9H,3-7H2,1-2H3;8H,4-7H2,1-3H3;7-9H,3-6H2,1-2H3;8H,3-7H2,1-2H3;5-6H,4H2,1-3H3;5H,1-4H2;2*1-2H3;2*1H4. The van der Waals surface area contributed by atoms with Gasteiger partial charge in [-0.2, -0.15) is 0 Å². The average molecular weight is 1200 g/mol. The summed E-state index contributed by atoms with van der Waals surface area (Å²) in [6, 6.07) is 4.09. The highest BCUT2D eigenvalue weighted by Crippen LogP contribution is 2.22. The summed E-state index contributed by atoms with van der Waals surface area (Å²) in [6.07, 6.45) is 18.7. The molecule has 0 aromatic rings. The molecule has 0 radical (unpaired) electrons. The molecule has 0 aromatic carbocycles. The molecule has 0 amide bonds. The second-order valence-electron chi connectivity index (χ2n) is 24.0. The van der Waals surface area contributed by atoms with Crippen LogP contribution >= 0.6 is 0 Å². The maximum Gasteiger partial charge on any atom is 0.0933 e. The summed E-state index contributed by atoms with van der Waals surface area (Å²) in [4.78, 5) is 7.38. The molecular weight excluding hydrogens is 1050 g/mol. The molecule has 82 heavy (non-hydrogen) atoms. The fraction of sp³-hybridized carbons (Fsp3) is 0.985. The van der Waals surface area contributed by atoms with Gasteiger partial charge in [0, 0.05) is 120 Å². The lowest BCUT2D eigenvalue weighted by Crippen LogP contribution is -2.47. The number of nitrogens with zero attached hydrogens (tertiary/aromatic N) is 3. The first-order valence-corrected chi connectivity index (χ1v) is 35.2. The highest BCUT2D eigenvalue weighted by molar-refractivity contribution is 8.00. The molecule has 7 aliphatic rings. The van der Waals surface area contributed by atoms with Crippen molar-refractivity contribution in [1.29, 1.82) is 0 Å². The molecule has 5 heterocycles. The van der Waals surface area contributed by atoms with Crippen LogP contribution in [0.15, 0.2) is 0 Å². The Hall–Kier alpha value is -0.500. The van der Waals surface area contributed by atoms with Gasteiger partial charge >= 0.3 is 0 Å². The molecular formula is C67H151N7O7S. The Labute approximate surface area is 515 Å². The Bertz CT molecular complexity index is 1280. The molecule has 1 unspecified atom stereocenters. The van der Waals surface area contributed by atoms with Gasteiger partial charge in [-0.05, 0) is 135 Å². The molecule has 5 aliphatic heterocycles. The third-order valence-corrected chi connectivity index (χ3v) is 16.0. The smallest absolute Gasteiger partial charge is 0.0933 e. The Morgan fingerprint density at radius 1 is 0.573 bits per heavy atom. The molecule has 0 spiro atoms. The molecule has 502 valence electrons. The van der Waals surface area contributed by atoms with Gasteiger partial charge in [-0.15, -0.1) is 0 Å². The number of hydrogen-bond acceptors (Lipinski definition) is 14. The summed E-state index contributed by atoms with van der Waals surface area (Å²) in [5.41, 5.74) is 0. The van der Waals surface area contributed by atoms with E-state index in [2.05, 4.69) is 139 Å². The van der Waals surface area contributed by atoms with Crippen LogP contribution in [-0.4, -0.2) is 222 Å². The average Bonchev–Trinajstić information content (AvgIpc) is 3.78. The van der Waals surface area contributed by atoms with Crippen LogP contribution in [0.4, 0.5) is 0 Å². The first-order valence-electron chi connectivity index (χ1n) is 33.2. The molecule has 14 nitrogen and oxygen atoms in total. The largest absolute Gasteiger partial charge is 0.380 e. The van der Waals surface area contributed by atoms with Crippen LogP contribution in [0, 0.1) is 5.92 Å². The van der Waals surface area contributed by atoms with Crippen LogP contribution in [0.1, 0.15) is 230 Å². The fourth-order valence-electron chi connectivity index (χ4n) is 9.40. The van der Waals surface area contributed by atoms with E-state index in [-0.39, 0.29) is 21.0 Å². The second-order valence-corrected chi connectivity index (χ2v) is 26.8. The fourth-order valence-corrected chi connectivity index (χ4v) is 11.1. The first kappa shape index (κ1) is 90.2. The molecule has 2 aliphatic carbocycles. The third kappa shape index (κ3) is 61.2. The minimum atomic E-state index is -1.71. The summed E-state index contributed by atoms with van der Waals surface area (Å²) in [5, 5.41) is 13.3. The van der Waals surface area contributed by atoms with Crippen LogP contribution in [-0.2, 0) is 37.9 Å². The molecule has 2 saturated carbocycles. The van der Waals surface area contributed by atoms with Gasteiger partial charge in [0.25, 0.3) is 0 Å². The Morgan fingerprint density at radius 3 is 1.49 bits per heavy atom. The zero-order valence-electron chi connectivity index (χ0n) is 57.0. The Morgan fingerprint density at radius 2 is 1.09 bits per heavy atom. The monoisotopic (exact) mass is 1200 g/mol. The number of nitrogens with one attached hydrogen (secondary N) is 4. The van der Waals surface area contributed by atoms with Crippen LogP contribution in [0.3, 0.4) is 0 Å². The third-order valence-electron chi connectivity index (χ3n) is 14.0. The maximum absolute atomic E-state index is 11.5. The van der Waals surface area contributed by atoms with E-state index >= 15 is 0 Å². The first-order chi connectivity index (χ1) is 38.1. The number of rotatable bonds is 14.